The van der Waals surface area contributed by atoms with Crippen molar-refractivity contribution in [3.63, 3.8) is 0 Å². The maximum absolute atomic E-state index is 5.85. The summed E-state index contributed by atoms with van der Waals surface area (Å²) in [6.45, 7) is 2.88. The predicted octanol–water partition coefficient (Wildman–Crippen LogP) is 3.58. The number of aryl methyl sites for hydroxylation is 1. The summed E-state index contributed by atoms with van der Waals surface area (Å²) in [5.41, 5.74) is 2.18. The summed E-state index contributed by atoms with van der Waals surface area (Å²) >= 11 is 1.66. The van der Waals surface area contributed by atoms with Gasteiger partial charge in [-0.1, -0.05) is 11.6 Å². The number of fused-ring (bicyclic) bond motifs is 1. The second-order valence-corrected chi connectivity index (χ2v) is 5.42. The average Bonchev–Trinajstić information content (AvgIpc) is 2.94. The monoisotopic (exact) mass is 258 g/mol. The second-order valence-electron chi connectivity index (χ2n) is 4.30. The molecule has 2 heterocycles. The summed E-state index contributed by atoms with van der Waals surface area (Å²) in [6, 6.07) is 8.30. The third-order valence-electron chi connectivity index (χ3n) is 2.80. The molecule has 3 rings (SSSR count). The molecule has 0 fully saturated rings. The molecule has 0 saturated carbocycles. The molecule has 0 aliphatic carbocycles. The quantitative estimate of drug-likeness (QED) is 0.780. The van der Waals surface area contributed by atoms with Crippen LogP contribution in [0.5, 0.6) is 0 Å². The largest absolute Gasteiger partial charge is 0.455 e. The van der Waals surface area contributed by atoms with Gasteiger partial charge in [0.05, 0.1) is 4.88 Å². The third kappa shape index (κ3) is 2.05. The van der Waals surface area contributed by atoms with E-state index in [0.29, 0.717) is 0 Å². The van der Waals surface area contributed by atoms with Crippen LogP contribution in [0.3, 0.4) is 0 Å². The van der Waals surface area contributed by atoms with Crippen molar-refractivity contribution in [1.29, 1.82) is 0 Å². The zero-order valence-electron chi connectivity index (χ0n) is 10.4. The Labute approximate surface area is 109 Å². The van der Waals surface area contributed by atoms with Gasteiger partial charge in [-0.2, -0.15) is 0 Å². The minimum absolute atomic E-state index is 0.796. The van der Waals surface area contributed by atoms with Crippen molar-refractivity contribution in [2.45, 2.75) is 13.5 Å². The Hall–Kier alpha value is -1.65. The predicted molar refractivity (Wildman–Crippen MR) is 74.8 cm³/mol. The molecule has 0 spiro atoms. The lowest BCUT2D eigenvalue weighted by atomic mass is 10.2. The van der Waals surface area contributed by atoms with E-state index in [2.05, 4.69) is 35.4 Å². The molecule has 0 aliphatic heterocycles. The number of aromatic nitrogens is 1. The van der Waals surface area contributed by atoms with Crippen LogP contribution in [0.4, 0.5) is 0 Å². The molecule has 0 bridgehead atoms. The number of thiazole rings is 1. The first-order valence-electron chi connectivity index (χ1n) is 5.86. The minimum atomic E-state index is 0.796. The van der Waals surface area contributed by atoms with Crippen LogP contribution in [-0.2, 0) is 6.54 Å². The molecular formula is C14H14N2OS. The fourth-order valence-corrected chi connectivity index (χ4v) is 2.82. The van der Waals surface area contributed by atoms with Gasteiger partial charge in [-0.15, -0.1) is 11.3 Å². The van der Waals surface area contributed by atoms with Crippen LogP contribution < -0.4 is 5.32 Å². The van der Waals surface area contributed by atoms with E-state index in [4.69, 9.17) is 4.42 Å². The molecule has 2 aromatic heterocycles. The summed E-state index contributed by atoms with van der Waals surface area (Å²) in [6.07, 6.45) is 1.88. The fraction of sp³-hybridized carbons (Fsp3) is 0.214. The van der Waals surface area contributed by atoms with Gasteiger partial charge in [-0.05, 0) is 32.2 Å². The van der Waals surface area contributed by atoms with Crippen molar-refractivity contribution in [3.8, 4) is 10.6 Å². The van der Waals surface area contributed by atoms with E-state index in [1.165, 1.54) is 5.56 Å². The molecule has 0 unspecified atom stereocenters. The van der Waals surface area contributed by atoms with Crippen LogP contribution in [0.2, 0.25) is 0 Å². The number of rotatable bonds is 3. The molecule has 92 valence electrons. The molecule has 0 saturated heterocycles. The molecule has 1 N–H and O–H groups in total. The summed E-state index contributed by atoms with van der Waals surface area (Å²) in [4.78, 5) is 5.44. The first kappa shape index (κ1) is 11.4. The smallest absolute Gasteiger partial charge is 0.147 e. The molecule has 0 amide bonds. The van der Waals surface area contributed by atoms with Gasteiger partial charge in [0.25, 0.3) is 0 Å². The van der Waals surface area contributed by atoms with Crippen LogP contribution in [-0.4, -0.2) is 12.0 Å². The van der Waals surface area contributed by atoms with Gasteiger partial charge in [0.2, 0.25) is 0 Å². The van der Waals surface area contributed by atoms with Crippen LogP contribution >= 0.6 is 11.3 Å². The Morgan fingerprint density at radius 2 is 2.22 bits per heavy atom. The van der Waals surface area contributed by atoms with E-state index in [-0.39, 0.29) is 0 Å². The van der Waals surface area contributed by atoms with Gasteiger partial charge in [0.1, 0.15) is 16.4 Å². The lowest BCUT2D eigenvalue weighted by molar-refractivity contribution is 0.633. The van der Waals surface area contributed by atoms with Gasteiger partial charge < -0.3 is 9.73 Å². The first-order valence-corrected chi connectivity index (χ1v) is 6.68. The van der Waals surface area contributed by atoms with Crippen molar-refractivity contribution >= 4 is 22.3 Å². The fourth-order valence-electron chi connectivity index (χ4n) is 1.94. The molecule has 1 aromatic carbocycles. The Morgan fingerprint density at radius 1 is 1.33 bits per heavy atom. The van der Waals surface area contributed by atoms with Crippen molar-refractivity contribution < 1.29 is 4.42 Å². The maximum atomic E-state index is 5.85. The molecule has 0 aliphatic rings. The zero-order chi connectivity index (χ0) is 12.5. The summed E-state index contributed by atoms with van der Waals surface area (Å²) in [5.74, 6) is 0.899. The minimum Gasteiger partial charge on any atom is -0.455 e. The number of benzene rings is 1. The molecule has 0 radical (unpaired) electrons. The number of hydrogen-bond acceptors (Lipinski definition) is 4. The van der Waals surface area contributed by atoms with Gasteiger partial charge in [-0.3, -0.25) is 0 Å². The number of hydrogen-bond donors (Lipinski definition) is 1. The van der Waals surface area contributed by atoms with E-state index >= 15 is 0 Å². The van der Waals surface area contributed by atoms with Crippen LogP contribution in [0, 0.1) is 6.92 Å². The first-order chi connectivity index (χ1) is 8.76. The van der Waals surface area contributed by atoms with Crippen LogP contribution in [0.15, 0.2) is 34.9 Å². The van der Waals surface area contributed by atoms with Crippen molar-refractivity contribution in [2.75, 3.05) is 7.05 Å². The van der Waals surface area contributed by atoms with E-state index in [1.807, 2.05) is 19.3 Å². The standard InChI is InChI=1S/C14H14N2OS/c1-9-3-4-11-10(5-9)6-12(17-11)13-7-16-14(18-13)8-15-2/h3-7,15H,8H2,1-2H3. The van der Waals surface area contributed by atoms with E-state index < -0.39 is 0 Å². The Morgan fingerprint density at radius 3 is 3.06 bits per heavy atom. The summed E-state index contributed by atoms with van der Waals surface area (Å²) in [5, 5.41) is 5.32. The SMILES string of the molecule is CNCc1ncc(-c2cc3cc(C)ccc3o2)s1. The average molecular weight is 258 g/mol. The third-order valence-corrected chi connectivity index (χ3v) is 3.81. The summed E-state index contributed by atoms with van der Waals surface area (Å²) in [7, 11) is 1.92. The topological polar surface area (TPSA) is 38.1 Å². The van der Waals surface area contributed by atoms with E-state index in [0.717, 1.165) is 33.2 Å². The Bertz CT molecular complexity index is 684. The Balaban J connectivity index is 2.02. The molecule has 18 heavy (non-hydrogen) atoms. The highest BCUT2D eigenvalue weighted by molar-refractivity contribution is 7.15. The Kier molecular flexibility index (Phi) is 2.89. The highest BCUT2D eigenvalue weighted by Crippen LogP contribution is 2.31. The van der Waals surface area contributed by atoms with Crippen molar-refractivity contribution in [1.82, 2.24) is 10.3 Å². The molecular weight excluding hydrogens is 244 g/mol. The number of nitrogens with zero attached hydrogens (tertiary/aromatic N) is 1. The van der Waals surface area contributed by atoms with Crippen molar-refractivity contribution in [3.05, 3.63) is 41.0 Å². The number of nitrogens with one attached hydrogen (secondary N) is 1. The maximum Gasteiger partial charge on any atom is 0.147 e. The molecule has 3 aromatic rings. The molecule has 3 nitrogen and oxygen atoms in total. The highest BCUT2D eigenvalue weighted by Gasteiger charge is 2.09. The number of furan rings is 1. The van der Waals surface area contributed by atoms with Crippen LogP contribution in [0.1, 0.15) is 10.6 Å². The summed E-state index contributed by atoms with van der Waals surface area (Å²) < 4.78 is 5.85. The lowest BCUT2D eigenvalue weighted by Gasteiger charge is -1.90. The molecule has 4 heteroatoms. The zero-order valence-corrected chi connectivity index (χ0v) is 11.2. The van der Waals surface area contributed by atoms with E-state index in [9.17, 15) is 0 Å². The normalized spacial score (nSPS) is 11.2. The van der Waals surface area contributed by atoms with Crippen LogP contribution in [0.25, 0.3) is 21.6 Å². The van der Waals surface area contributed by atoms with Crippen molar-refractivity contribution in [2.24, 2.45) is 0 Å². The van der Waals surface area contributed by atoms with Gasteiger partial charge >= 0.3 is 0 Å². The highest BCUT2D eigenvalue weighted by atomic mass is 32.1. The lowest BCUT2D eigenvalue weighted by Crippen LogP contribution is -2.03. The van der Waals surface area contributed by atoms with E-state index in [1.54, 1.807) is 11.3 Å². The van der Waals surface area contributed by atoms with Gasteiger partial charge in [0.15, 0.2) is 0 Å². The second kappa shape index (κ2) is 4.55. The van der Waals surface area contributed by atoms with Gasteiger partial charge in [0, 0.05) is 18.1 Å². The molecule has 0 atom stereocenters. The van der Waals surface area contributed by atoms with Gasteiger partial charge in [-0.25, -0.2) is 4.98 Å².